The van der Waals surface area contributed by atoms with E-state index >= 15 is 0 Å². The van der Waals surface area contributed by atoms with Gasteiger partial charge in [0.25, 0.3) is 5.22 Å². The fourth-order valence-corrected chi connectivity index (χ4v) is 1.90. The minimum atomic E-state index is 0.307. The number of aryl methyl sites for hydroxylation is 1. The zero-order valence-corrected chi connectivity index (χ0v) is 11.3. The molecule has 1 heterocycles. The summed E-state index contributed by atoms with van der Waals surface area (Å²) in [7, 11) is 0. The van der Waals surface area contributed by atoms with Crippen molar-refractivity contribution in [1.82, 2.24) is 10.2 Å². The number of hydrogen-bond acceptors (Lipinski definition) is 6. The number of para-hydroxylation sites is 1. The first-order chi connectivity index (χ1) is 9.29. The highest BCUT2D eigenvalue weighted by Gasteiger charge is 2.07. The molecule has 6 heteroatoms. The normalized spacial score (nSPS) is 10.1. The molecule has 19 heavy (non-hydrogen) atoms. The van der Waals surface area contributed by atoms with Crippen molar-refractivity contribution in [1.29, 1.82) is 5.26 Å². The molecule has 0 aliphatic heterocycles. The van der Waals surface area contributed by atoms with Gasteiger partial charge in [0.1, 0.15) is 5.75 Å². The van der Waals surface area contributed by atoms with Crippen molar-refractivity contribution in [2.75, 3.05) is 12.4 Å². The Balaban J connectivity index is 1.81. The molecule has 1 aromatic heterocycles. The Morgan fingerprint density at radius 2 is 2.21 bits per heavy atom. The van der Waals surface area contributed by atoms with Gasteiger partial charge in [0.15, 0.2) is 0 Å². The number of benzene rings is 1. The maximum absolute atomic E-state index is 8.45. The number of hydrogen-bond donors (Lipinski definition) is 0. The van der Waals surface area contributed by atoms with Gasteiger partial charge < -0.3 is 9.15 Å². The maximum atomic E-state index is 8.45. The van der Waals surface area contributed by atoms with E-state index in [-0.39, 0.29) is 0 Å². The summed E-state index contributed by atoms with van der Waals surface area (Å²) in [5.41, 5.74) is 1.10. The second-order valence-corrected chi connectivity index (χ2v) is 4.70. The van der Waals surface area contributed by atoms with E-state index in [4.69, 9.17) is 14.4 Å². The van der Waals surface area contributed by atoms with Crippen LogP contribution in [-0.4, -0.2) is 22.6 Å². The molecule has 0 N–H and O–H groups in total. The molecule has 0 amide bonds. The van der Waals surface area contributed by atoms with Crippen LogP contribution in [-0.2, 0) is 6.42 Å². The Morgan fingerprint density at radius 3 is 3.00 bits per heavy atom. The smallest absolute Gasteiger partial charge is 0.277 e. The molecule has 98 valence electrons. The molecule has 2 rings (SSSR count). The van der Waals surface area contributed by atoms with Crippen molar-refractivity contribution in [2.45, 2.75) is 18.6 Å². The van der Waals surface area contributed by atoms with Crippen molar-refractivity contribution < 1.29 is 9.15 Å². The van der Waals surface area contributed by atoms with E-state index in [9.17, 15) is 0 Å². The van der Waals surface area contributed by atoms with E-state index in [0.29, 0.717) is 29.9 Å². The van der Waals surface area contributed by atoms with Gasteiger partial charge in [-0.05, 0) is 18.6 Å². The maximum Gasteiger partial charge on any atom is 0.277 e. The summed E-state index contributed by atoms with van der Waals surface area (Å²) in [5.74, 6) is 1.69. The third-order valence-electron chi connectivity index (χ3n) is 2.38. The van der Waals surface area contributed by atoms with Gasteiger partial charge in [0, 0.05) is 0 Å². The topological polar surface area (TPSA) is 71.9 Å². The Bertz CT molecular complexity index is 577. The summed E-state index contributed by atoms with van der Waals surface area (Å²) in [6.07, 6.45) is 0.550. The van der Waals surface area contributed by atoms with Crippen LogP contribution in [0.4, 0.5) is 0 Å². The number of ether oxygens (including phenoxy) is 1. The lowest BCUT2D eigenvalue weighted by Gasteiger charge is -2.06. The first-order valence-electron chi connectivity index (χ1n) is 5.80. The molecule has 0 fully saturated rings. The zero-order valence-electron chi connectivity index (χ0n) is 10.5. The molecule has 0 spiro atoms. The largest absolute Gasteiger partial charge is 0.493 e. The molecule has 0 atom stereocenters. The van der Waals surface area contributed by atoms with Crippen LogP contribution in [0.3, 0.4) is 0 Å². The number of aromatic nitrogens is 2. The number of rotatable bonds is 6. The third kappa shape index (κ3) is 4.00. The fraction of sp³-hybridized carbons (Fsp3) is 0.308. The minimum absolute atomic E-state index is 0.307. The Kier molecular flexibility index (Phi) is 4.81. The second kappa shape index (κ2) is 6.81. The molecule has 0 unspecified atom stereocenters. The average molecular weight is 275 g/mol. The quantitative estimate of drug-likeness (QED) is 0.755. The number of thioether (sulfide) groups is 1. The van der Waals surface area contributed by atoms with Crippen molar-refractivity contribution in [3.8, 4) is 11.8 Å². The van der Waals surface area contributed by atoms with E-state index in [0.717, 1.165) is 11.3 Å². The van der Waals surface area contributed by atoms with Crippen molar-refractivity contribution in [3.63, 3.8) is 0 Å². The van der Waals surface area contributed by atoms with E-state index in [2.05, 4.69) is 10.2 Å². The lowest BCUT2D eigenvalue weighted by Crippen LogP contribution is -2.02. The van der Waals surface area contributed by atoms with Gasteiger partial charge in [-0.1, -0.05) is 30.0 Å². The molecule has 0 saturated heterocycles. The third-order valence-corrected chi connectivity index (χ3v) is 3.06. The molecular weight excluding hydrogens is 262 g/mol. The minimum Gasteiger partial charge on any atom is -0.493 e. The molecule has 0 aliphatic rings. The fourth-order valence-electron chi connectivity index (χ4n) is 1.46. The SMILES string of the molecule is Cc1ccccc1OCCc1nnc(SCC#N)o1. The van der Waals surface area contributed by atoms with Crippen LogP contribution < -0.4 is 4.74 Å². The summed E-state index contributed by atoms with van der Waals surface area (Å²) in [4.78, 5) is 0. The molecule has 0 saturated carbocycles. The van der Waals surface area contributed by atoms with Gasteiger partial charge in [-0.3, -0.25) is 0 Å². The van der Waals surface area contributed by atoms with Gasteiger partial charge >= 0.3 is 0 Å². The molecule has 0 bridgehead atoms. The van der Waals surface area contributed by atoms with Gasteiger partial charge in [-0.15, -0.1) is 10.2 Å². The first-order valence-corrected chi connectivity index (χ1v) is 6.78. The summed E-state index contributed by atoms with van der Waals surface area (Å²) >= 11 is 1.23. The molecule has 1 aromatic carbocycles. The Hall–Kier alpha value is -2.00. The van der Waals surface area contributed by atoms with Crippen molar-refractivity contribution >= 4 is 11.8 Å². The van der Waals surface area contributed by atoms with Crippen LogP contribution in [0.15, 0.2) is 33.9 Å². The number of nitrogens with zero attached hydrogens (tertiary/aromatic N) is 3. The molecule has 0 radical (unpaired) electrons. The lowest BCUT2D eigenvalue weighted by molar-refractivity contribution is 0.298. The van der Waals surface area contributed by atoms with Gasteiger partial charge in [0.05, 0.1) is 24.8 Å². The highest BCUT2D eigenvalue weighted by molar-refractivity contribution is 7.99. The van der Waals surface area contributed by atoms with Crippen molar-refractivity contribution in [3.05, 3.63) is 35.7 Å². The lowest BCUT2D eigenvalue weighted by atomic mass is 10.2. The van der Waals surface area contributed by atoms with Crippen LogP contribution in [0.25, 0.3) is 0 Å². The zero-order chi connectivity index (χ0) is 13.5. The summed E-state index contributed by atoms with van der Waals surface area (Å²) in [6, 6.07) is 9.84. The monoisotopic (exact) mass is 275 g/mol. The van der Waals surface area contributed by atoms with Crippen LogP contribution in [0.5, 0.6) is 5.75 Å². The molecule has 5 nitrogen and oxygen atoms in total. The molecule has 0 aliphatic carbocycles. The summed E-state index contributed by atoms with van der Waals surface area (Å²) < 4.78 is 11.0. The predicted molar refractivity (Wildman–Crippen MR) is 71.0 cm³/mol. The van der Waals surface area contributed by atoms with Crippen LogP contribution in [0, 0.1) is 18.3 Å². The van der Waals surface area contributed by atoms with Crippen LogP contribution in [0.1, 0.15) is 11.5 Å². The van der Waals surface area contributed by atoms with Gasteiger partial charge in [-0.2, -0.15) is 5.26 Å². The van der Waals surface area contributed by atoms with Crippen molar-refractivity contribution in [2.24, 2.45) is 0 Å². The highest BCUT2D eigenvalue weighted by Crippen LogP contribution is 2.17. The van der Waals surface area contributed by atoms with E-state index < -0.39 is 0 Å². The second-order valence-electron chi connectivity index (χ2n) is 3.77. The Labute approximate surface area is 115 Å². The van der Waals surface area contributed by atoms with E-state index in [1.54, 1.807) is 0 Å². The first kappa shape index (κ1) is 13.4. The highest BCUT2D eigenvalue weighted by atomic mass is 32.2. The van der Waals surface area contributed by atoms with Crippen LogP contribution in [0.2, 0.25) is 0 Å². The molecule has 2 aromatic rings. The summed E-state index contributed by atoms with van der Waals surface area (Å²) in [5, 5.41) is 16.6. The standard InChI is InChI=1S/C13H13N3O2S/c1-10-4-2-3-5-11(10)17-8-6-12-15-16-13(18-12)19-9-7-14/h2-5H,6,8-9H2,1H3. The van der Waals surface area contributed by atoms with Gasteiger partial charge in [0.2, 0.25) is 5.89 Å². The average Bonchev–Trinajstić information content (AvgIpc) is 2.86. The summed E-state index contributed by atoms with van der Waals surface area (Å²) in [6.45, 7) is 2.48. The van der Waals surface area contributed by atoms with Gasteiger partial charge in [-0.25, -0.2) is 0 Å². The van der Waals surface area contributed by atoms with Crippen LogP contribution >= 0.6 is 11.8 Å². The number of nitriles is 1. The Morgan fingerprint density at radius 1 is 1.37 bits per heavy atom. The predicted octanol–water partition coefficient (Wildman–Crippen LogP) is 2.62. The van der Waals surface area contributed by atoms with E-state index in [1.807, 2.05) is 37.3 Å². The van der Waals surface area contributed by atoms with E-state index in [1.165, 1.54) is 11.8 Å². The molecular formula is C13H13N3O2S.